The van der Waals surface area contributed by atoms with E-state index < -0.39 is 5.97 Å². The maximum atomic E-state index is 11.5. The molecule has 0 saturated carbocycles. The number of anilines is 1. The van der Waals surface area contributed by atoms with Crippen molar-refractivity contribution < 1.29 is 15.0 Å². The van der Waals surface area contributed by atoms with Gasteiger partial charge in [-0.05, 0) is 20.3 Å². The van der Waals surface area contributed by atoms with Gasteiger partial charge in [-0.2, -0.15) is 5.10 Å². The number of hydrogen-bond acceptors (Lipinski definition) is 5. The zero-order chi connectivity index (χ0) is 15.6. The van der Waals surface area contributed by atoms with Crippen LogP contribution < -0.4 is 4.90 Å². The van der Waals surface area contributed by atoms with E-state index in [4.69, 9.17) is 5.11 Å². The normalized spacial score (nSPS) is 11.0. The number of rotatable bonds is 6. The summed E-state index contributed by atoms with van der Waals surface area (Å²) in [5, 5.41) is 23.6. The topological polar surface area (TPSA) is 91.5 Å². The number of carboxylic acid groups (broad SMARTS) is 1. The van der Waals surface area contributed by atoms with E-state index in [1.165, 1.54) is 6.20 Å². The Kier molecular flexibility index (Phi) is 4.42. The van der Waals surface area contributed by atoms with Gasteiger partial charge in [-0.1, -0.05) is 0 Å². The van der Waals surface area contributed by atoms with Crippen molar-refractivity contribution in [2.45, 2.75) is 20.3 Å². The number of aliphatic hydroxyl groups is 1. The molecule has 0 aliphatic heterocycles. The largest absolute Gasteiger partial charge is 0.478 e. The first-order valence-electron chi connectivity index (χ1n) is 6.92. The zero-order valence-electron chi connectivity index (χ0n) is 12.5. The summed E-state index contributed by atoms with van der Waals surface area (Å²) in [5.41, 5.74) is 2.21. The molecule has 2 heterocycles. The highest BCUT2D eigenvalue weighted by atomic mass is 16.4. The Bertz CT molecular complexity index is 666. The summed E-state index contributed by atoms with van der Waals surface area (Å²) in [5.74, 6) is -1.01. The zero-order valence-corrected chi connectivity index (χ0v) is 12.5. The van der Waals surface area contributed by atoms with Crippen LogP contribution in [0.4, 0.5) is 5.69 Å². The molecule has 7 heteroatoms. The number of fused-ring (bicyclic) bond motifs is 1. The molecule has 114 valence electrons. The SMILES string of the molecule is CCN(CCCO)c1c(C(=O)O)cnc2c1c(C)nn2C. The second-order valence-electron chi connectivity index (χ2n) is 4.89. The van der Waals surface area contributed by atoms with Crippen molar-refractivity contribution in [2.24, 2.45) is 7.05 Å². The number of aromatic nitrogens is 3. The predicted molar refractivity (Wildman–Crippen MR) is 79.8 cm³/mol. The van der Waals surface area contributed by atoms with Crippen LogP contribution in [-0.4, -0.2) is 50.6 Å². The number of pyridine rings is 1. The van der Waals surface area contributed by atoms with Gasteiger partial charge in [0.15, 0.2) is 5.65 Å². The van der Waals surface area contributed by atoms with Crippen LogP contribution >= 0.6 is 0 Å². The molecule has 21 heavy (non-hydrogen) atoms. The Morgan fingerprint density at radius 2 is 2.19 bits per heavy atom. The van der Waals surface area contributed by atoms with Gasteiger partial charge in [-0.25, -0.2) is 9.78 Å². The molecule has 2 aromatic heterocycles. The Morgan fingerprint density at radius 1 is 1.48 bits per heavy atom. The highest BCUT2D eigenvalue weighted by Gasteiger charge is 2.22. The number of hydrogen-bond donors (Lipinski definition) is 2. The molecule has 2 aromatic rings. The number of aryl methyl sites for hydroxylation is 2. The summed E-state index contributed by atoms with van der Waals surface area (Å²) < 4.78 is 1.65. The summed E-state index contributed by atoms with van der Waals surface area (Å²) in [6, 6.07) is 0. The molecule has 2 rings (SSSR count). The average molecular weight is 292 g/mol. The van der Waals surface area contributed by atoms with Gasteiger partial charge in [0.2, 0.25) is 0 Å². The van der Waals surface area contributed by atoms with Gasteiger partial charge in [0.05, 0.1) is 16.8 Å². The Hall–Kier alpha value is -2.15. The molecule has 0 spiro atoms. The third kappa shape index (κ3) is 2.69. The van der Waals surface area contributed by atoms with E-state index in [9.17, 15) is 9.90 Å². The summed E-state index contributed by atoms with van der Waals surface area (Å²) in [6.45, 7) is 5.10. The minimum absolute atomic E-state index is 0.0686. The lowest BCUT2D eigenvalue weighted by atomic mass is 10.1. The first-order valence-corrected chi connectivity index (χ1v) is 6.92. The summed E-state index contributed by atoms with van der Waals surface area (Å²) in [6.07, 6.45) is 1.96. The van der Waals surface area contributed by atoms with E-state index >= 15 is 0 Å². The van der Waals surface area contributed by atoms with Crippen molar-refractivity contribution in [3.8, 4) is 0 Å². The first kappa shape index (κ1) is 15.2. The van der Waals surface area contributed by atoms with Gasteiger partial charge in [-0.3, -0.25) is 4.68 Å². The molecule has 0 amide bonds. The van der Waals surface area contributed by atoms with Gasteiger partial charge >= 0.3 is 5.97 Å². The number of aliphatic hydroxyl groups excluding tert-OH is 1. The third-order valence-electron chi connectivity index (χ3n) is 3.51. The fraction of sp³-hybridized carbons (Fsp3) is 0.500. The van der Waals surface area contributed by atoms with Crippen molar-refractivity contribution >= 4 is 22.7 Å². The molecule has 0 bridgehead atoms. The monoisotopic (exact) mass is 292 g/mol. The minimum Gasteiger partial charge on any atom is -0.478 e. The van der Waals surface area contributed by atoms with E-state index in [1.54, 1.807) is 11.7 Å². The molecule has 0 saturated heterocycles. The van der Waals surface area contributed by atoms with Crippen LogP contribution in [0, 0.1) is 6.92 Å². The molecular weight excluding hydrogens is 272 g/mol. The quantitative estimate of drug-likeness (QED) is 0.831. The standard InChI is InChI=1S/C14H20N4O3/c1-4-18(6-5-7-19)12-10(14(20)21)8-15-13-11(12)9(2)16-17(13)3/h8,19H,4-7H2,1-3H3,(H,20,21). The highest BCUT2D eigenvalue weighted by molar-refractivity contribution is 6.04. The van der Waals surface area contributed by atoms with E-state index in [-0.39, 0.29) is 12.2 Å². The van der Waals surface area contributed by atoms with E-state index in [1.807, 2.05) is 18.7 Å². The fourth-order valence-electron chi connectivity index (χ4n) is 2.57. The number of carboxylic acids is 1. The maximum absolute atomic E-state index is 11.5. The van der Waals surface area contributed by atoms with Crippen LogP contribution in [0.2, 0.25) is 0 Å². The van der Waals surface area contributed by atoms with Gasteiger partial charge in [0.25, 0.3) is 0 Å². The molecule has 0 aromatic carbocycles. The maximum Gasteiger partial charge on any atom is 0.339 e. The molecule has 0 atom stereocenters. The van der Waals surface area contributed by atoms with Gasteiger partial charge in [0, 0.05) is 32.9 Å². The lowest BCUT2D eigenvalue weighted by Gasteiger charge is -2.25. The molecule has 0 aliphatic carbocycles. The van der Waals surface area contributed by atoms with Gasteiger partial charge < -0.3 is 15.1 Å². The molecule has 0 radical (unpaired) electrons. The highest BCUT2D eigenvalue weighted by Crippen LogP contribution is 2.31. The number of nitrogens with zero attached hydrogens (tertiary/aromatic N) is 4. The second kappa shape index (κ2) is 6.09. The molecule has 0 unspecified atom stereocenters. The van der Waals surface area contributed by atoms with Crippen molar-refractivity contribution in [3.05, 3.63) is 17.5 Å². The average Bonchev–Trinajstić information content (AvgIpc) is 2.74. The summed E-state index contributed by atoms with van der Waals surface area (Å²) in [4.78, 5) is 17.7. The van der Waals surface area contributed by atoms with Crippen LogP contribution in [0.15, 0.2) is 6.20 Å². The van der Waals surface area contributed by atoms with Crippen LogP contribution in [-0.2, 0) is 7.05 Å². The molecule has 2 N–H and O–H groups in total. The number of carbonyl (C=O) groups is 1. The van der Waals surface area contributed by atoms with Crippen molar-refractivity contribution in [3.63, 3.8) is 0 Å². The van der Waals surface area contributed by atoms with Crippen molar-refractivity contribution in [2.75, 3.05) is 24.6 Å². The van der Waals surface area contributed by atoms with Crippen molar-refractivity contribution in [1.82, 2.24) is 14.8 Å². The molecule has 0 fully saturated rings. The van der Waals surface area contributed by atoms with Crippen molar-refractivity contribution in [1.29, 1.82) is 0 Å². The Morgan fingerprint density at radius 3 is 2.76 bits per heavy atom. The first-order chi connectivity index (χ1) is 10.0. The smallest absolute Gasteiger partial charge is 0.339 e. The molecule has 7 nitrogen and oxygen atoms in total. The van der Waals surface area contributed by atoms with Gasteiger partial charge in [0.1, 0.15) is 5.56 Å². The molecule has 0 aliphatic rings. The van der Waals surface area contributed by atoms with E-state index in [2.05, 4.69) is 10.1 Å². The van der Waals surface area contributed by atoms with E-state index in [0.717, 1.165) is 11.1 Å². The third-order valence-corrected chi connectivity index (χ3v) is 3.51. The Balaban J connectivity index is 2.71. The summed E-state index contributed by atoms with van der Waals surface area (Å²) in [7, 11) is 1.79. The lowest BCUT2D eigenvalue weighted by molar-refractivity contribution is 0.0697. The van der Waals surface area contributed by atoms with Gasteiger partial charge in [-0.15, -0.1) is 0 Å². The Labute approximate surface area is 122 Å². The van der Waals surface area contributed by atoms with Crippen LogP contribution in [0.25, 0.3) is 11.0 Å². The molecular formula is C14H20N4O3. The van der Waals surface area contributed by atoms with Crippen LogP contribution in [0.3, 0.4) is 0 Å². The fourth-order valence-corrected chi connectivity index (χ4v) is 2.57. The van der Waals surface area contributed by atoms with Crippen LogP contribution in [0.5, 0.6) is 0 Å². The number of aromatic carboxylic acids is 1. The van der Waals surface area contributed by atoms with E-state index in [0.29, 0.717) is 30.8 Å². The minimum atomic E-state index is -1.01. The second-order valence-corrected chi connectivity index (χ2v) is 4.89. The predicted octanol–water partition coefficient (Wildman–Crippen LogP) is 1.18. The lowest BCUT2D eigenvalue weighted by Crippen LogP contribution is -2.27. The van der Waals surface area contributed by atoms with Crippen LogP contribution in [0.1, 0.15) is 29.4 Å². The summed E-state index contributed by atoms with van der Waals surface area (Å²) >= 11 is 0.